The summed E-state index contributed by atoms with van der Waals surface area (Å²) in [7, 11) is 0. The lowest BCUT2D eigenvalue weighted by molar-refractivity contribution is -0.112. The molecule has 0 aliphatic carbocycles. The molecule has 0 unspecified atom stereocenters. The Hall–Kier alpha value is -3.49. The van der Waals surface area contributed by atoms with Crippen molar-refractivity contribution in [2.75, 3.05) is 23.3 Å². The SMILES string of the molecule is CCN(CC)c1ccc(-n2c(C)cc(/C=C(/C#N)C(=O)Nc3ccc(C)c(Cl)c3)c2C)cc1. The number of hydrogen-bond donors (Lipinski definition) is 1. The molecule has 0 bridgehead atoms. The van der Waals surface area contributed by atoms with Crippen molar-refractivity contribution in [3.63, 3.8) is 0 Å². The summed E-state index contributed by atoms with van der Waals surface area (Å²) in [6.07, 6.45) is 1.63. The van der Waals surface area contributed by atoms with Crippen LogP contribution in [0.5, 0.6) is 0 Å². The number of nitriles is 1. The molecule has 0 atom stereocenters. The molecule has 5 nitrogen and oxygen atoms in total. The zero-order valence-corrected chi connectivity index (χ0v) is 20.5. The molecule has 1 heterocycles. The van der Waals surface area contributed by atoms with E-state index in [1.165, 1.54) is 5.69 Å². The fourth-order valence-corrected chi connectivity index (χ4v) is 4.09. The topological polar surface area (TPSA) is 61.1 Å². The molecule has 1 amide bonds. The lowest BCUT2D eigenvalue weighted by Gasteiger charge is -2.21. The van der Waals surface area contributed by atoms with Gasteiger partial charge in [0.15, 0.2) is 0 Å². The highest BCUT2D eigenvalue weighted by atomic mass is 35.5. The van der Waals surface area contributed by atoms with E-state index in [2.05, 4.69) is 52.9 Å². The summed E-state index contributed by atoms with van der Waals surface area (Å²) in [5.74, 6) is -0.467. The largest absolute Gasteiger partial charge is 0.372 e. The maximum absolute atomic E-state index is 12.7. The first kappa shape index (κ1) is 24.2. The van der Waals surface area contributed by atoms with Crippen LogP contribution in [-0.2, 0) is 4.79 Å². The maximum Gasteiger partial charge on any atom is 0.266 e. The molecule has 170 valence electrons. The number of hydrogen-bond acceptors (Lipinski definition) is 3. The third-order valence-corrected chi connectivity index (χ3v) is 6.21. The number of carbonyl (C=O) groups excluding carboxylic acids is 1. The molecule has 1 aromatic heterocycles. The van der Waals surface area contributed by atoms with Crippen LogP contribution in [0.1, 0.15) is 36.4 Å². The fraction of sp³-hybridized carbons (Fsp3) is 0.259. The lowest BCUT2D eigenvalue weighted by Crippen LogP contribution is -2.21. The minimum absolute atomic E-state index is 0.0313. The molecule has 33 heavy (non-hydrogen) atoms. The Morgan fingerprint density at radius 1 is 1.09 bits per heavy atom. The predicted octanol–water partition coefficient (Wildman–Crippen LogP) is 6.45. The van der Waals surface area contributed by atoms with Crippen LogP contribution in [0.4, 0.5) is 11.4 Å². The van der Waals surface area contributed by atoms with Crippen LogP contribution in [0.3, 0.4) is 0 Å². The molecule has 6 heteroatoms. The Morgan fingerprint density at radius 3 is 2.33 bits per heavy atom. The van der Waals surface area contributed by atoms with Crippen molar-refractivity contribution in [1.29, 1.82) is 5.26 Å². The van der Waals surface area contributed by atoms with Gasteiger partial charge in [-0.2, -0.15) is 5.26 Å². The van der Waals surface area contributed by atoms with Crippen LogP contribution in [0.2, 0.25) is 5.02 Å². The number of nitrogens with zero attached hydrogens (tertiary/aromatic N) is 3. The molecule has 1 N–H and O–H groups in total. The molecular weight excluding hydrogens is 432 g/mol. The number of halogens is 1. The van der Waals surface area contributed by atoms with E-state index in [0.29, 0.717) is 10.7 Å². The van der Waals surface area contributed by atoms with Gasteiger partial charge < -0.3 is 14.8 Å². The summed E-state index contributed by atoms with van der Waals surface area (Å²) >= 11 is 6.15. The van der Waals surface area contributed by atoms with E-state index in [-0.39, 0.29) is 5.57 Å². The second kappa shape index (κ2) is 10.4. The quantitative estimate of drug-likeness (QED) is 0.325. The summed E-state index contributed by atoms with van der Waals surface area (Å²) in [5.41, 5.74) is 6.54. The minimum atomic E-state index is -0.467. The van der Waals surface area contributed by atoms with Gasteiger partial charge in [-0.1, -0.05) is 17.7 Å². The normalized spacial score (nSPS) is 11.2. The van der Waals surface area contributed by atoms with Crippen molar-refractivity contribution in [3.05, 3.63) is 81.6 Å². The van der Waals surface area contributed by atoms with Gasteiger partial charge in [-0.05, 0) is 94.3 Å². The zero-order valence-electron chi connectivity index (χ0n) is 19.7. The molecule has 0 fully saturated rings. The number of carbonyl (C=O) groups is 1. The first-order chi connectivity index (χ1) is 15.8. The highest BCUT2D eigenvalue weighted by Crippen LogP contribution is 2.25. The number of anilines is 2. The van der Waals surface area contributed by atoms with Crippen LogP contribution >= 0.6 is 11.6 Å². The first-order valence-electron chi connectivity index (χ1n) is 11.0. The van der Waals surface area contributed by atoms with E-state index in [1.54, 1.807) is 18.2 Å². The zero-order chi connectivity index (χ0) is 24.1. The number of nitrogens with one attached hydrogen (secondary N) is 1. The molecular formula is C27H29ClN4O. The monoisotopic (exact) mass is 460 g/mol. The Bertz CT molecular complexity index is 1230. The Kier molecular flexibility index (Phi) is 7.63. The second-order valence-electron chi connectivity index (χ2n) is 7.94. The van der Waals surface area contributed by atoms with Crippen molar-refractivity contribution in [2.24, 2.45) is 0 Å². The predicted molar refractivity (Wildman–Crippen MR) is 137 cm³/mol. The summed E-state index contributed by atoms with van der Waals surface area (Å²) < 4.78 is 2.13. The smallest absolute Gasteiger partial charge is 0.266 e. The van der Waals surface area contributed by atoms with Crippen LogP contribution in [0.25, 0.3) is 11.8 Å². The molecule has 3 aromatic rings. The summed E-state index contributed by atoms with van der Waals surface area (Å²) in [6.45, 7) is 12.1. The van der Waals surface area contributed by atoms with E-state index in [4.69, 9.17) is 11.6 Å². The number of aryl methyl sites for hydroxylation is 2. The standard InChI is InChI=1S/C27H29ClN4O/c1-6-31(7-2)24-10-12-25(13-11-24)32-19(4)14-21(20(32)5)15-22(17-29)27(33)30-23-9-8-18(3)26(28)16-23/h8-16H,6-7H2,1-5H3,(H,30,33)/b22-15-. The van der Waals surface area contributed by atoms with Gasteiger partial charge in [-0.25, -0.2) is 0 Å². The highest BCUT2D eigenvalue weighted by molar-refractivity contribution is 6.31. The van der Waals surface area contributed by atoms with Gasteiger partial charge in [-0.3, -0.25) is 4.79 Å². The van der Waals surface area contributed by atoms with Gasteiger partial charge in [0.05, 0.1) is 0 Å². The lowest BCUT2D eigenvalue weighted by atomic mass is 10.1. The first-order valence-corrected chi connectivity index (χ1v) is 11.4. The molecule has 2 aromatic carbocycles. The van der Waals surface area contributed by atoms with Crippen molar-refractivity contribution < 1.29 is 4.79 Å². The molecule has 0 radical (unpaired) electrons. The Labute approximate surface area is 200 Å². The molecule has 0 aliphatic heterocycles. The molecule has 0 saturated heterocycles. The summed E-state index contributed by atoms with van der Waals surface area (Å²) in [4.78, 5) is 15.0. The number of aromatic nitrogens is 1. The van der Waals surface area contributed by atoms with Crippen molar-refractivity contribution in [1.82, 2.24) is 4.57 Å². The maximum atomic E-state index is 12.7. The van der Waals surface area contributed by atoms with E-state index < -0.39 is 5.91 Å². The highest BCUT2D eigenvalue weighted by Gasteiger charge is 2.15. The van der Waals surface area contributed by atoms with Crippen molar-refractivity contribution >= 4 is 35.0 Å². The van der Waals surface area contributed by atoms with Gasteiger partial charge in [0.1, 0.15) is 11.6 Å². The number of rotatable bonds is 7. The van der Waals surface area contributed by atoms with Gasteiger partial charge in [0.2, 0.25) is 0 Å². The number of benzene rings is 2. The molecule has 0 aliphatic rings. The molecule has 0 saturated carbocycles. The van der Waals surface area contributed by atoms with E-state index in [9.17, 15) is 10.1 Å². The van der Waals surface area contributed by atoms with Gasteiger partial charge >= 0.3 is 0 Å². The van der Waals surface area contributed by atoms with Crippen LogP contribution in [-0.4, -0.2) is 23.6 Å². The van der Waals surface area contributed by atoms with Crippen molar-refractivity contribution in [3.8, 4) is 11.8 Å². The van der Waals surface area contributed by atoms with Crippen LogP contribution in [0.15, 0.2) is 54.1 Å². The average Bonchev–Trinajstić information content (AvgIpc) is 3.08. The summed E-state index contributed by atoms with van der Waals surface area (Å²) in [5, 5.41) is 12.9. The molecule has 3 rings (SSSR count). The Morgan fingerprint density at radius 2 is 1.76 bits per heavy atom. The van der Waals surface area contributed by atoms with E-state index in [0.717, 1.165) is 41.3 Å². The second-order valence-corrected chi connectivity index (χ2v) is 8.35. The minimum Gasteiger partial charge on any atom is -0.372 e. The average molecular weight is 461 g/mol. The third-order valence-electron chi connectivity index (χ3n) is 5.80. The molecule has 0 spiro atoms. The van der Waals surface area contributed by atoms with Gasteiger partial charge in [0.25, 0.3) is 5.91 Å². The number of amides is 1. The third kappa shape index (κ3) is 5.30. The van der Waals surface area contributed by atoms with Crippen LogP contribution < -0.4 is 10.2 Å². The van der Waals surface area contributed by atoms with E-state index in [1.807, 2.05) is 39.0 Å². The fourth-order valence-electron chi connectivity index (χ4n) is 3.91. The Balaban J connectivity index is 1.89. The van der Waals surface area contributed by atoms with Crippen molar-refractivity contribution in [2.45, 2.75) is 34.6 Å². The van der Waals surface area contributed by atoms with Gasteiger partial charge in [0, 0.05) is 46.6 Å². The van der Waals surface area contributed by atoms with Gasteiger partial charge in [-0.15, -0.1) is 0 Å². The van der Waals surface area contributed by atoms with Crippen LogP contribution in [0, 0.1) is 32.1 Å². The van der Waals surface area contributed by atoms with E-state index >= 15 is 0 Å². The summed E-state index contributed by atoms with van der Waals surface area (Å²) in [6, 6.07) is 17.7.